The summed E-state index contributed by atoms with van der Waals surface area (Å²) in [6.45, 7) is 0. The molecule has 17 heavy (non-hydrogen) atoms. The quantitative estimate of drug-likeness (QED) is 0.764. The van der Waals surface area contributed by atoms with Crippen LogP contribution in [-0.2, 0) is 4.79 Å². The van der Waals surface area contributed by atoms with Crippen molar-refractivity contribution in [2.75, 3.05) is 0 Å². The second kappa shape index (κ2) is 4.23. The van der Waals surface area contributed by atoms with E-state index in [0.717, 1.165) is 0 Å². The third-order valence-corrected chi connectivity index (χ3v) is 1.48. The van der Waals surface area contributed by atoms with Gasteiger partial charge in [-0.05, 0) is 0 Å². The molecule has 0 rings (SSSR count). The molecule has 4 N–H and O–H groups in total. The first kappa shape index (κ1) is 18.2. The molecule has 104 valence electrons. The van der Waals surface area contributed by atoms with Gasteiger partial charge in [0.25, 0.3) is 0 Å². The van der Waals surface area contributed by atoms with Crippen molar-refractivity contribution < 1.29 is 49.4 Å². The van der Waals surface area contributed by atoms with E-state index < -0.39 is 29.9 Å². The highest BCUT2D eigenvalue weighted by molar-refractivity contribution is 5.77. The number of carboxylic acids is 1. The third kappa shape index (κ3) is 2.40. The van der Waals surface area contributed by atoms with Gasteiger partial charge in [0.15, 0.2) is 0 Å². The van der Waals surface area contributed by atoms with E-state index in [1.807, 2.05) is 0 Å². The number of alkyl halides is 9. The van der Waals surface area contributed by atoms with E-state index in [1.165, 1.54) is 0 Å². The number of carboxylic acid groups (broad SMARTS) is 1. The van der Waals surface area contributed by atoms with Gasteiger partial charge in [0, 0.05) is 0 Å². The molecule has 0 unspecified atom stereocenters. The molecule has 0 aromatic rings. The summed E-state index contributed by atoms with van der Waals surface area (Å²) in [5.41, 5.74) is -7.14. The lowest BCUT2D eigenvalue weighted by atomic mass is 9.96. The van der Waals surface area contributed by atoms with Crippen LogP contribution < -0.4 is 6.15 Å². The van der Waals surface area contributed by atoms with Crippen LogP contribution in [0.4, 0.5) is 39.5 Å². The lowest BCUT2D eigenvalue weighted by molar-refractivity contribution is -0.390. The van der Waals surface area contributed by atoms with E-state index in [2.05, 4.69) is 0 Å². The van der Waals surface area contributed by atoms with E-state index in [9.17, 15) is 44.3 Å². The van der Waals surface area contributed by atoms with Gasteiger partial charge in [-0.15, -0.1) is 0 Å². The Kier molecular flexibility index (Phi) is 4.53. The maximum absolute atomic E-state index is 12.5. The van der Waals surface area contributed by atoms with Gasteiger partial charge < -0.3 is 11.3 Å². The normalized spacial score (nSPS) is 14.2. The van der Waals surface area contributed by atoms with Gasteiger partial charge in [-0.2, -0.15) is 35.1 Å². The molecule has 0 aromatic heterocycles. The molecule has 0 saturated carbocycles. The molecule has 0 aliphatic heterocycles. The van der Waals surface area contributed by atoms with Gasteiger partial charge in [0.1, 0.15) is 0 Å². The number of rotatable bonds is 2. The lowest BCUT2D eigenvalue weighted by Crippen LogP contribution is -2.67. The Morgan fingerprint density at radius 3 is 1.06 bits per heavy atom. The maximum atomic E-state index is 12.5. The van der Waals surface area contributed by atoms with Crippen molar-refractivity contribution in [3.8, 4) is 0 Å². The highest BCUT2D eigenvalue weighted by Crippen LogP contribution is 2.54. The van der Waals surface area contributed by atoms with Gasteiger partial charge in [-0.1, -0.05) is 0 Å². The Balaban J connectivity index is 0. The molecule has 0 aliphatic carbocycles. The number of halogens is 9. The monoisotopic (exact) mass is 281 g/mol. The molecule has 0 aromatic carbocycles. The summed E-state index contributed by atoms with van der Waals surface area (Å²) in [7, 11) is 0. The molecule has 0 saturated heterocycles. The minimum Gasteiger partial charge on any atom is -0.477 e. The second-order valence-corrected chi connectivity index (χ2v) is 2.53. The zero-order valence-electron chi connectivity index (χ0n) is 7.46. The molecule has 0 aliphatic rings. The number of hydrogen-bond donors (Lipinski definition) is 2. The van der Waals surface area contributed by atoms with E-state index >= 15 is 0 Å². The van der Waals surface area contributed by atoms with E-state index in [4.69, 9.17) is 5.11 Å². The molecule has 12 heteroatoms. The van der Waals surface area contributed by atoms with Gasteiger partial charge in [-0.25, -0.2) is 9.18 Å². The van der Waals surface area contributed by atoms with Crippen LogP contribution in [0.25, 0.3) is 0 Å². The Morgan fingerprint density at radius 1 is 0.765 bits per heavy atom. The van der Waals surface area contributed by atoms with Crippen molar-refractivity contribution in [2.24, 2.45) is 0 Å². The van der Waals surface area contributed by atoms with Crippen LogP contribution in [0.2, 0.25) is 0 Å². The zero-order valence-corrected chi connectivity index (χ0v) is 7.46. The highest BCUT2D eigenvalue weighted by atomic mass is 19.4. The van der Waals surface area contributed by atoms with Crippen molar-refractivity contribution >= 4 is 5.97 Å². The molecule has 0 radical (unpaired) electrons. The molecular weight excluding hydrogens is 277 g/mol. The van der Waals surface area contributed by atoms with E-state index in [0.29, 0.717) is 0 Å². The summed E-state index contributed by atoms with van der Waals surface area (Å²) in [5.74, 6) is -10.5. The van der Waals surface area contributed by atoms with Crippen LogP contribution in [0.3, 0.4) is 0 Å². The first-order valence-corrected chi connectivity index (χ1v) is 3.13. The van der Waals surface area contributed by atoms with Crippen LogP contribution in [0, 0.1) is 0 Å². The summed E-state index contributed by atoms with van der Waals surface area (Å²) >= 11 is 0. The molecule has 3 nitrogen and oxygen atoms in total. The van der Waals surface area contributed by atoms with Crippen LogP contribution in [0.5, 0.6) is 0 Å². The first-order chi connectivity index (χ1) is 6.69. The second-order valence-electron chi connectivity index (χ2n) is 2.53. The van der Waals surface area contributed by atoms with Crippen molar-refractivity contribution in [3.63, 3.8) is 0 Å². The number of hydrogen-bond acceptors (Lipinski definition) is 2. The smallest absolute Gasteiger partial charge is 0.438 e. The summed E-state index contributed by atoms with van der Waals surface area (Å²) in [6, 6.07) is 0. The van der Waals surface area contributed by atoms with Crippen molar-refractivity contribution in [3.05, 3.63) is 0 Å². The summed E-state index contributed by atoms with van der Waals surface area (Å²) in [5, 5.41) is 7.51. The third-order valence-electron chi connectivity index (χ3n) is 1.48. The molecule has 0 spiro atoms. The Morgan fingerprint density at radius 2 is 1.00 bits per heavy atom. The van der Waals surface area contributed by atoms with Crippen molar-refractivity contribution in [1.82, 2.24) is 6.15 Å². The summed E-state index contributed by atoms with van der Waals surface area (Å²) < 4.78 is 107. The standard InChI is InChI=1S/C5HF9O2.H3N/c6-2(7,1(15)16)3(8,4(9,10)11)5(12,13)14;/h(H,15,16);1H3. The largest absolute Gasteiger partial charge is 0.477 e. The van der Waals surface area contributed by atoms with Crippen molar-refractivity contribution in [2.45, 2.75) is 23.9 Å². The molecule has 0 bridgehead atoms. The van der Waals surface area contributed by atoms with Crippen LogP contribution >= 0.6 is 0 Å². The van der Waals surface area contributed by atoms with Gasteiger partial charge in [0.2, 0.25) is 0 Å². The average Bonchev–Trinajstić information content (AvgIpc) is 1.97. The molecule has 0 heterocycles. The predicted octanol–water partition coefficient (Wildman–Crippen LogP) is 2.70. The topological polar surface area (TPSA) is 72.3 Å². The fourth-order valence-electron chi connectivity index (χ4n) is 0.664. The minimum absolute atomic E-state index is 0. The maximum Gasteiger partial charge on any atom is 0.438 e. The fraction of sp³-hybridized carbons (Fsp3) is 0.800. The summed E-state index contributed by atoms with van der Waals surface area (Å²) in [6.07, 6.45) is -14.2. The zero-order chi connectivity index (χ0) is 13.6. The minimum atomic E-state index is -7.14. The molecular formula is C5H4F9NO2. The Hall–Kier alpha value is -1.20. The lowest BCUT2D eigenvalue weighted by Gasteiger charge is -2.33. The van der Waals surface area contributed by atoms with Crippen LogP contribution in [0.1, 0.15) is 0 Å². The van der Waals surface area contributed by atoms with E-state index in [-0.39, 0.29) is 6.15 Å². The molecule has 0 amide bonds. The number of aliphatic carboxylic acids is 1. The van der Waals surface area contributed by atoms with E-state index in [1.54, 1.807) is 0 Å². The SMILES string of the molecule is N.O=C(O)C(F)(F)C(F)(C(F)(F)F)C(F)(F)F. The fourth-order valence-corrected chi connectivity index (χ4v) is 0.664. The average molecular weight is 281 g/mol. The van der Waals surface area contributed by atoms with Gasteiger partial charge >= 0.3 is 29.9 Å². The highest BCUT2D eigenvalue weighted by Gasteiger charge is 2.87. The van der Waals surface area contributed by atoms with Gasteiger partial charge in [0.05, 0.1) is 0 Å². The Labute approximate surface area is 86.8 Å². The van der Waals surface area contributed by atoms with Crippen LogP contribution in [0.15, 0.2) is 0 Å². The van der Waals surface area contributed by atoms with Crippen LogP contribution in [-0.4, -0.2) is 35.0 Å². The Bertz CT molecular complexity index is 279. The first-order valence-electron chi connectivity index (χ1n) is 3.13. The molecule has 0 fully saturated rings. The number of carbonyl (C=O) groups is 1. The van der Waals surface area contributed by atoms with Gasteiger partial charge in [-0.3, -0.25) is 0 Å². The molecule has 0 atom stereocenters. The predicted molar refractivity (Wildman–Crippen MR) is 33.6 cm³/mol. The van der Waals surface area contributed by atoms with Crippen molar-refractivity contribution in [1.29, 1.82) is 0 Å². The summed E-state index contributed by atoms with van der Waals surface area (Å²) in [4.78, 5) is 9.57.